The molecule has 0 heterocycles. The van der Waals surface area contributed by atoms with Crippen molar-refractivity contribution >= 4 is 34.9 Å². The predicted molar refractivity (Wildman–Crippen MR) is 79.1 cm³/mol. The van der Waals surface area contributed by atoms with Crippen LogP contribution in [0.1, 0.15) is 20.7 Å². The van der Waals surface area contributed by atoms with E-state index in [-0.39, 0.29) is 10.6 Å². The maximum atomic E-state index is 12.0. The van der Waals surface area contributed by atoms with Gasteiger partial charge in [-0.2, -0.15) is 0 Å². The van der Waals surface area contributed by atoms with Crippen LogP contribution in [0.3, 0.4) is 0 Å². The van der Waals surface area contributed by atoms with E-state index < -0.39 is 11.9 Å². The summed E-state index contributed by atoms with van der Waals surface area (Å²) in [6.45, 7) is 6.84. The Morgan fingerprint density at radius 3 is 2.38 bits per heavy atom. The van der Waals surface area contributed by atoms with Crippen LogP contribution in [0.4, 0.5) is 11.4 Å². The van der Waals surface area contributed by atoms with Crippen molar-refractivity contribution in [2.45, 2.75) is 0 Å². The van der Waals surface area contributed by atoms with Crippen LogP contribution in [0.2, 0.25) is 5.02 Å². The van der Waals surface area contributed by atoms with Crippen LogP contribution in [-0.4, -0.2) is 17.0 Å². The van der Waals surface area contributed by atoms with Gasteiger partial charge in [-0.15, -0.1) is 0 Å². The van der Waals surface area contributed by atoms with Gasteiger partial charge in [0.05, 0.1) is 17.2 Å². The van der Waals surface area contributed by atoms with Gasteiger partial charge in [-0.1, -0.05) is 35.9 Å². The number of nitrogens with one attached hydrogen (secondary N) is 1. The van der Waals surface area contributed by atoms with Crippen molar-refractivity contribution in [2.75, 3.05) is 5.32 Å². The fourth-order valence-corrected chi connectivity index (χ4v) is 1.86. The lowest BCUT2D eigenvalue weighted by Gasteiger charge is -2.07. The normalized spacial score (nSPS) is 9.71. The average Bonchev–Trinajstić information content (AvgIpc) is 2.49. The molecule has 0 saturated carbocycles. The maximum absolute atomic E-state index is 12.0. The third-order valence-corrected chi connectivity index (χ3v) is 3.04. The minimum atomic E-state index is -1.17. The first-order valence-electron chi connectivity index (χ1n) is 5.83. The summed E-state index contributed by atoms with van der Waals surface area (Å²) in [4.78, 5) is 26.2. The Morgan fingerprint density at radius 1 is 1.14 bits per heavy atom. The first-order chi connectivity index (χ1) is 10.0. The number of rotatable bonds is 3. The van der Waals surface area contributed by atoms with Gasteiger partial charge in [-0.25, -0.2) is 9.64 Å². The van der Waals surface area contributed by atoms with E-state index in [2.05, 4.69) is 10.2 Å². The van der Waals surface area contributed by atoms with Gasteiger partial charge >= 0.3 is 5.97 Å². The van der Waals surface area contributed by atoms with Crippen molar-refractivity contribution in [3.63, 3.8) is 0 Å². The number of hydrogen-bond acceptors (Lipinski definition) is 2. The summed E-state index contributed by atoms with van der Waals surface area (Å²) in [5.74, 6) is -1.57. The van der Waals surface area contributed by atoms with Crippen molar-refractivity contribution in [3.05, 3.63) is 70.0 Å². The number of carbonyl (C=O) groups is 2. The summed E-state index contributed by atoms with van der Waals surface area (Å²) in [5.41, 5.74) is 1.05. The van der Waals surface area contributed by atoms with E-state index in [1.54, 1.807) is 0 Å². The van der Waals surface area contributed by atoms with Crippen LogP contribution < -0.4 is 5.32 Å². The number of carboxylic acids is 1. The first kappa shape index (κ1) is 14.6. The predicted octanol–water partition coefficient (Wildman–Crippen LogP) is 3.84. The summed E-state index contributed by atoms with van der Waals surface area (Å²) in [6.07, 6.45) is 0. The first-order valence-corrected chi connectivity index (χ1v) is 6.21. The number of aromatic carboxylic acids is 1. The molecule has 0 unspecified atom stereocenters. The Labute approximate surface area is 125 Å². The van der Waals surface area contributed by atoms with Gasteiger partial charge in [0.1, 0.15) is 0 Å². The Balaban J connectivity index is 2.21. The largest absolute Gasteiger partial charge is 0.478 e. The smallest absolute Gasteiger partial charge is 0.337 e. The number of anilines is 1. The summed E-state index contributed by atoms with van der Waals surface area (Å²) in [7, 11) is 0. The van der Waals surface area contributed by atoms with Crippen molar-refractivity contribution in [1.82, 2.24) is 0 Å². The standard InChI is InChI=1S/C15H9ClN2O3/c1-17-10-4-2-9(3-5-10)14(19)18-11-6-7-13(16)12(8-11)15(20)21/h2-8H,(H,18,19)(H,20,21). The fraction of sp³-hybridized carbons (Fsp3) is 0. The van der Waals surface area contributed by atoms with Crippen LogP contribution in [0.25, 0.3) is 4.85 Å². The van der Waals surface area contributed by atoms with Crippen molar-refractivity contribution in [3.8, 4) is 0 Å². The van der Waals surface area contributed by atoms with Gasteiger partial charge in [0.2, 0.25) is 0 Å². The number of carboxylic acid groups (broad SMARTS) is 1. The van der Waals surface area contributed by atoms with Crippen LogP contribution in [0, 0.1) is 6.57 Å². The van der Waals surface area contributed by atoms with Gasteiger partial charge in [-0.3, -0.25) is 4.79 Å². The molecule has 0 aliphatic carbocycles. The highest BCUT2D eigenvalue weighted by molar-refractivity contribution is 6.33. The molecule has 21 heavy (non-hydrogen) atoms. The van der Waals surface area contributed by atoms with E-state index >= 15 is 0 Å². The second-order valence-electron chi connectivity index (χ2n) is 4.11. The quantitative estimate of drug-likeness (QED) is 0.846. The zero-order chi connectivity index (χ0) is 15.4. The van der Waals surface area contributed by atoms with Crippen LogP contribution in [-0.2, 0) is 0 Å². The van der Waals surface area contributed by atoms with Gasteiger partial charge < -0.3 is 10.4 Å². The maximum Gasteiger partial charge on any atom is 0.337 e. The zero-order valence-corrected chi connectivity index (χ0v) is 11.4. The second-order valence-corrected chi connectivity index (χ2v) is 4.52. The van der Waals surface area contributed by atoms with Gasteiger partial charge in [0, 0.05) is 11.3 Å². The molecule has 0 aliphatic heterocycles. The molecule has 0 saturated heterocycles. The number of benzene rings is 2. The summed E-state index contributed by atoms with van der Waals surface area (Å²) in [5, 5.41) is 11.7. The van der Waals surface area contributed by atoms with E-state index in [4.69, 9.17) is 23.3 Å². The molecule has 6 heteroatoms. The number of amides is 1. The molecule has 0 atom stereocenters. The molecule has 0 radical (unpaired) electrons. The van der Waals surface area contributed by atoms with Crippen molar-refractivity contribution in [1.29, 1.82) is 0 Å². The van der Waals surface area contributed by atoms with Crippen LogP contribution >= 0.6 is 11.6 Å². The van der Waals surface area contributed by atoms with E-state index in [9.17, 15) is 9.59 Å². The van der Waals surface area contributed by atoms with Gasteiger partial charge in [-0.05, 0) is 18.2 Å². The molecule has 0 aromatic heterocycles. The minimum absolute atomic E-state index is 0.0854. The minimum Gasteiger partial charge on any atom is -0.478 e. The number of carbonyl (C=O) groups excluding carboxylic acids is 1. The van der Waals surface area contributed by atoms with Crippen molar-refractivity contribution < 1.29 is 14.7 Å². The molecule has 2 aromatic carbocycles. The van der Waals surface area contributed by atoms with E-state index in [0.717, 1.165) is 0 Å². The molecule has 0 aliphatic rings. The molecule has 0 fully saturated rings. The van der Waals surface area contributed by atoms with Gasteiger partial charge in [0.15, 0.2) is 5.69 Å². The summed E-state index contributed by atoms with van der Waals surface area (Å²) >= 11 is 5.76. The van der Waals surface area contributed by atoms with E-state index in [1.165, 1.54) is 42.5 Å². The lowest BCUT2D eigenvalue weighted by atomic mass is 10.1. The third-order valence-electron chi connectivity index (χ3n) is 2.71. The lowest BCUT2D eigenvalue weighted by molar-refractivity contribution is 0.0696. The summed E-state index contributed by atoms with van der Waals surface area (Å²) in [6, 6.07) is 10.3. The molecule has 1 amide bonds. The molecule has 2 rings (SSSR count). The number of hydrogen-bond donors (Lipinski definition) is 2. The SMILES string of the molecule is [C-]#[N+]c1ccc(C(=O)Nc2ccc(Cl)c(C(=O)O)c2)cc1. The lowest BCUT2D eigenvalue weighted by Crippen LogP contribution is -2.12. The molecule has 0 bridgehead atoms. The zero-order valence-electron chi connectivity index (χ0n) is 10.6. The summed E-state index contributed by atoms with van der Waals surface area (Å²) < 4.78 is 0. The Kier molecular flexibility index (Phi) is 4.21. The van der Waals surface area contributed by atoms with Crippen molar-refractivity contribution in [2.24, 2.45) is 0 Å². The van der Waals surface area contributed by atoms with Crippen LogP contribution in [0.5, 0.6) is 0 Å². The Bertz CT molecular complexity index is 749. The highest BCUT2D eigenvalue weighted by Crippen LogP contribution is 2.21. The highest BCUT2D eigenvalue weighted by Gasteiger charge is 2.11. The fourth-order valence-electron chi connectivity index (χ4n) is 1.66. The topological polar surface area (TPSA) is 70.8 Å². The number of halogens is 1. The van der Waals surface area contributed by atoms with Crippen LogP contribution in [0.15, 0.2) is 42.5 Å². The molecule has 0 spiro atoms. The molecule has 2 N–H and O–H groups in total. The average molecular weight is 301 g/mol. The molecule has 2 aromatic rings. The third kappa shape index (κ3) is 3.38. The van der Waals surface area contributed by atoms with E-state index in [0.29, 0.717) is 16.9 Å². The molecular formula is C15H9ClN2O3. The second kappa shape index (κ2) is 6.07. The molecule has 5 nitrogen and oxygen atoms in total. The Hall–Kier alpha value is -2.84. The van der Waals surface area contributed by atoms with E-state index in [1.807, 2.05) is 0 Å². The molecular weight excluding hydrogens is 292 g/mol. The highest BCUT2D eigenvalue weighted by atomic mass is 35.5. The Morgan fingerprint density at radius 2 is 1.81 bits per heavy atom. The van der Waals surface area contributed by atoms with Gasteiger partial charge in [0.25, 0.3) is 5.91 Å². The number of nitrogens with zero attached hydrogens (tertiary/aromatic N) is 1. The monoisotopic (exact) mass is 300 g/mol. The molecule has 104 valence electrons.